The molecule has 136 valence electrons. The third-order valence-corrected chi connectivity index (χ3v) is 5.06. The van der Waals surface area contributed by atoms with E-state index in [0.29, 0.717) is 28.2 Å². The van der Waals surface area contributed by atoms with E-state index in [1.165, 1.54) is 23.4 Å². The fraction of sp³-hybridized carbons (Fsp3) is 0.438. The maximum Gasteiger partial charge on any atom is 0.343 e. The first-order chi connectivity index (χ1) is 11.9. The van der Waals surface area contributed by atoms with Crippen molar-refractivity contribution in [2.24, 2.45) is 0 Å². The number of thioether (sulfide) groups is 1. The van der Waals surface area contributed by atoms with E-state index in [-0.39, 0.29) is 11.6 Å². The smallest absolute Gasteiger partial charge is 0.343 e. The highest BCUT2D eigenvalue weighted by molar-refractivity contribution is 8.00. The number of carbonyl (C=O) groups excluding carboxylic acids is 1. The average Bonchev–Trinajstić information content (AvgIpc) is 2.91. The molecule has 0 saturated heterocycles. The molecule has 0 fully saturated rings. The van der Waals surface area contributed by atoms with Crippen molar-refractivity contribution in [2.45, 2.75) is 44.1 Å². The summed E-state index contributed by atoms with van der Waals surface area (Å²) in [6.45, 7) is 6.13. The standard InChI is InChI=1S/C16H21ClN4O3S/c1-5-6-21-15(23)19-20-16(21)25-10(3)14(22)18-12-7-9(2)11(17)8-13(12)24-4/h7-8,10H,5-6H2,1-4H3,(H,18,22)(H,19,23)/t10-/m0/s1. The number of methoxy groups -OCH3 is 1. The molecule has 1 heterocycles. The van der Waals surface area contributed by atoms with Crippen LogP contribution in [0, 0.1) is 6.92 Å². The lowest BCUT2D eigenvalue weighted by Crippen LogP contribution is -2.24. The van der Waals surface area contributed by atoms with Gasteiger partial charge in [-0.2, -0.15) is 0 Å². The Hall–Kier alpha value is -1.93. The van der Waals surface area contributed by atoms with Crippen molar-refractivity contribution in [3.8, 4) is 5.75 Å². The molecule has 0 saturated carbocycles. The van der Waals surface area contributed by atoms with Gasteiger partial charge in [-0.05, 0) is 31.9 Å². The summed E-state index contributed by atoms with van der Waals surface area (Å²) >= 11 is 7.30. The number of aryl methyl sites for hydroxylation is 1. The molecule has 0 aliphatic rings. The van der Waals surface area contributed by atoms with Gasteiger partial charge in [-0.25, -0.2) is 9.89 Å². The predicted octanol–water partition coefficient (Wildman–Crippen LogP) is 3.07. The van der Waals surface area contributed by atoms with Crippen LogP contribution in [0.3, 0.4) is 0 Å². The lowest BCUT2D eigenvalue weighted by molar-refractivity contribution is -0.115. The number of carbonyl (C=O) groups is 1. The summed E-state index contributed by atoms with van der Waals surface area (Å²) in [4.78, 5) is 24.2. The molecule has 1 amide bonds. The van der Waals surface area contributed by atoms with E-state index in [1.807, 2.05) is 13.8 Å². The van der Waals surface area contributed by atoms with Gasteiger partial charge in [0.25, 0.3) is 0 Å². The van der Waals surface area contributed by atoms with Gasteiger partial charge in [-0.15, -0.1) is 5.10 Å². The number of amides is 1. The van der Waals surface area contributed by atoms with Crippen LogP contribution >= 0.6 is 23.4 Å². The minimum Gasteiger partial charge on any atom is -0.495 e. The van der Waals surface area contributed by atoms with Gasteiger partial charge in [0.05, 0.1) is 18.0 Å². The highest BCUT2D eigenvalue weighted by atomic mass is 35.5. The Balaban J connectivity index is 2.14. The summed E-state index contributed by atoms with van der Waals surface area (Å²) in [5, 5.41) is 9.86. The second kappa shape index (κ2) is 8.44. The van der Waals surface area contributed by atoms with Crippen molar-refractivity contribution in [1.82, 2.24) is 14.8 Å². The van der Waals surface area contributed by atoms with Gasteiger partial charge in [0.2, 0.25) is 5.91 Å². The minimum absolute atomic E-state index is 0.219. The summed E-state index contributed by atoms with van der Waals surface area (Å²) in [6.07, 6.45) is 0.800. The number of aromatic amines is 1. The van der Waals surface area contributed by atoms with Gasteiger partial charge in [-0.3, -0.25) is 9.36 Å². The molecule has 7 nitrogen and oxygen atoms in total. The Morgan fingerprint density at radius 2 is 2.24 bits per heavy atom. The molecule has 0 aliphatic carbocycles. The van der Waals surface area contributed by atoms with Gasteiger partial charge in [-0.1, -0.05) is 30.3 Å². The topological polar surface area (TPSA) is 89.0 Å². The van der Waals surface area contributed by atoms with Crippen molar-refractivity contribution < 1.29 is 9.53 Å². The van der Waals surface area contributed by atoms with Gasteiger partial charge in [0.15, 0.2) is 5.16 Å². The quantitative estimate of drug-likeness (QED) is 0.716. The first kappa shape index (κ1) is 19.4. The molecular weight excluding hydrogens is 364 g/mol. The monoisotopic (exact) mass is 384 g/mol. The molecule has 1 aromatic carbocycles. The number of nitrogens with zero attached hydrogens (tertiary/aromatic N) is 2. The Morgan fingerprint density at radius 1 is 1.52 bits per heavy atom. The molecule has 0 unspecified atom stereocenters. The van der Waals surface area contributed by atoms with Crippen LogP contribution in [0.2, 0.25) is 5.02 Å². The summed E-state index contributed by atoms with van der Waals surface area (Å²) in [6, 6.07) is 3.43. The second-order valence-corrected chi connectivity index (χ2v) is 7.23. The van der Waals surface area contributed by atoms with Gasteiger partial charge >= 0.3 is 5.69 Å². The summed E-state index contributed by atoms with van der Waals surface area (Å²) in [5.41, 5.74) is 1.11. The second-order valence-electron chi connectivity index (χ2n) is 5.51. The first-order valence-electron chi connectivity index (χ1n) is 7.84. The molecule has 0 spiro atoms. The highest BCUT2D eigenvalue weighted by Crippen LogP contribution is 2.31. The minimum atomic E-state index is -0.452. The number of nitrogens with one attached hydrogen (secondary N) is 2. The molecule has 0 bridgehead atoms. The Morgan fingerprint density at radius 3 is 2.88 bits per heavy atom. The van der Waals surface area contributed by atoms with E-state index in [2.05, 4.69) is 15.5 Å². The zero-order valence-corrected chi connectivity index (χ0v) is 16.1. The number of aromatic nitrogens is 3. The van der Waals surface area contributed by atoms with Crippen LogP contribution in [-0.4, -0.2) is 33.0 Å². The van der Waals surface area contributed by atoms with E-state index in [0.717, 1.165) is 12.0 Å². The Labute approximate surface area is 155 Å². The van der Waals surface area contributed by atoms with E-state index >= 15 is 0 Å². The maximum absolute atomic E-state index is 12.5. The summed E-state index contributed by atoms with van der Waals surface area (Å²) in [5.74, 6) is 0.271. The highest BCUT2D eigenvalue weighted by Gasteiger charge is 2.20. The van der Waals surface area contributed by atoms with E-state index in [1.54, 1.807) is 19.1 Å². The summed E-state index contributed by atoms with van der Waals surface area (Å²) in [7, 11) is 1.52. The lowest BCUT2D eigenvalue weighted by Gasteiger charge is -2.15. The van der Waals surface area contributed by atoms with Crippen LogP contribution in [0.5, 0.6) is 5.75 Å². The fourth-order valence-corrected chi connectivity index (χ4v) is 3.23. The molecular formula is C16H21ClN4O3S. The van der Waals surface area contributed by atoms with E-state index in [4.69, 9.17) is 16.3 Å². The number of ether oxygens (including phenoxy) is 1. The number of anilines is 1. The fourth-order valence-electron chi connectivity index (χ4n) is 2.19. The molecule has 25 heavy (non-hydrogen) atoms. The molecule has 0 radical (unpaired) electrons. The molecule has 0 aliphatic heterocycles. The van der Waals surface area contributed by atoms with Gasteiger partial charge in [0.1, 0.15) is 5.75 Å². The van der Waals surface area contributed by atoms with Crippen LogP contribution < -0.4 is 15.7 Å². The van der Waals surface area contributed by atoms with Crippen molar-refractivity contribution in [3.05, 3.63) is 33.2 Å². The third kappa shape index (κ3) is 4.58. The number of H-pyrrole nitrogens is 1. The maximum atomic E-state index is 12.5. The third-order valence-electron chi connectivity index (χ3n) is 3.56. The number of benzene rings is 1. The average molecular weight is 385 g/mol. The molecule has 9 heteroatoms. The number of hydrogen-bond donors (Lipinski definition) is 2. The predicted molar refractivity (Wildman–Crippen MR) is 99.8 cm³/mol. The molecule has 2 rings (SSSR count). The van der Waals surface area contributed by atoms with Gasteiger partial charge in [0, 0.05) is 17.6 Å². The SMILES string of the molecule is CCCn1c(S[C@@H](C)C(=O)Nc2cc(C)c(Cl)cc2OC)n[nH]c1=O. The number of hydrogen-bond acceptors (Lipinski definition) is 5. The van der Waals surface area contributed by atoms with Crippen LogP contribution in [-0.2, 0) is 11.3 Å². The number of rotatable bonds is 7. The van der Waals surface area contributed by atoms with Crippen LogP contribution in [0.4, 0.5) is 5.69 Å². The molecule has 1 atom stereocenters. The lowest BCUT2D eigenvalue weighted by atomic mass is 10.2. The normalized spacial score (nSPS) is 12.0. The van der Waals surface area contributed by atoms with Crippen LogP contribution in [0.25, 0.3) is 0 Å². The van der Waals surface area contributed by atoms with E-state index in [9.17, 15) is 9.59 Å². The van der Waals surface area contributed by atoms with Crippen molar-refractivity contribution in [3.63, 3.8) is 0 Å². The largest absolute Gasteiger partial charge is 0.495 e. The van der Waals surface area contributed by atoms with Gasteiger partial charge < -0.3 is 10.1 Å². The van der Waals surface area contributed by atoms with Crippen LogP contribution in [0.1, 0.15) is 25.8 Å². The van der Waals surface area contributed by atoms with Crippen molar-refractivity contribution in [2.75, 3.05) is 12.4 Å². The molecule has 2 N–H and O–H groups in total. The number of halogens is 1. The summed E-state index contributed by atoms with van der Waals surface area (Å²) < 4.78 is 6.79. The zero-order chi connectivity index (χ0) is 18.6. The van der Waals surface area contributed by atoms with Crippen molar-refractivity contribution >= 4 is 35.0 Å². The Bertz CT molecular complexity index is 818. The van der Waals surface area contributed by atoms with Crippen LogP contribution in [0.15, 0.2) is 22.1 Å². The van der Waals surface area contributed by atoms with E-state index < -0.39 is 5.25 Å². The van der Waals surface area contributed by atoms with Crippen molar-refractivity contribution in [1.29, 1.82) is 0 Å². The molecule has 1 aromatic heterocycles. The first-order valence-corrected chi connectivity index (χ1v) is 9.10. The molecule has 2 aromatic rings. The zero-order valence-electron chi connectivity index (χ0n) is 14.6. The Kier molecular flexibility index (Phi) is 6.55.